The highest BCUT2D eigenvalue weighted by atomic mass is 35.5. The first-order valence-corrected chi connectivity index (χ1v) is 11.9. The molecule has 1 aliphatic heterocycles. The van der Waals surface area contributed by atoms with Gasteiger partial charge in [0.2, 0.25) is 0 Å². The number of anilines is 1. The highest BCUT2D eigenvalue weighted by molar-refractivity contribution is 6.55. The molecule has 0 aliphatic carbocycles. The fourth-order valence-electron chi connectivity index (χ4n) is 3.40. The Labute approximate surface area is 220 Å². The van der Waals surface area contributed by atoms with Crippen molar-refractivity contribution in [2.75, 3.05) is 11.9 Å². The zero-order valence-corrected chi connectivity index (χ0v) is 21.4. The van der Waals surface area contributed by atoms with E-state index in [1.54, 1.807) is 18.2 Å². The van der Waals surface area contributed by atoms with Gasteiger partial charge in [0.15, 0.2) is 6.61 Å². The first-order valence-electron chi connectivity index (χ1n) is 10.0. The number of nitrogens with one attached hydrogen (secondary N) is 1. The van der Waals surface area contributed by atoms with Crippen LogP contribution in [0, 0.1) is 0 Å². The van der Waals surface area contributed by atoms with Crippen LogP contribution in [0.25, 0.3) is 0 Å². The van der Waals surface area contributed by atoms with E-state index in [4.69, 9.17) is 62.7 Å². The molecule has 2 aromatic rings. The largest absolute Gasteiger partial charge is 0.454 e. The highest BCUT2D eigenvalue weighted by Crippen LogP contribution is 2.45. The fourth-order valence-corrected chi connectivity index (χ4v) is 4.60. The van der Waals surface area contributed by atoms with Crippen molar-refractivity contribution in [3.05, 3.63) is 60.5 Å². The number of hydrogen-bond donors (Lipinski definition) is 1. The molecule has 0 spiro atoms. The van der Waals surface area contributed by atoms with Crippen LogP contribution < -0.4 is 5.32 Å². The molecule has 0 unspecified atom stereocenters. The summed E-state index contributed by atoms with van der Waals surface area (Å²) >= 11 is 30.3. The number of carbonyl (C=O) groups excluding carboxylic acids is 4. The molecule has 1 N–H and O–H groups in total. The minimum atomic E-state index is -1.31. The van der Waals surface area contributed by atoms with Crippen LogP contribution in [-0.4, -0.2) is 41.2 Å². The van der Waals surface area contributed by atoms with Crippen LogP contribution in [0.15, 0.2) is 24.3 Å². The minimum Gasteiger partial charge on any atom is -0.454 e. The predicted octanol–water partition coefficient (Wildman–Crippen LogP) is 6.29. The number of imide groups is 1. The summed E-state index contributed by atoms with van der Waals surface area (Å²) in [4.78, 5) is 52.1. The molecule has 180 valence electrons. The Bertz CT molecular complexity index is 1140. The summed E-state index contributed by atoms with van der Waals surface area (Å²) in [7, 11) is 0. The lowest BCUT2D eigenvalue weighted by molar-refractivity contribution is -0.151. The summed E-state index contributed by atoms with van der Waals surface area (Å²) in [6.45, 7) is 1.23. The smallest absolute Gasteiger partial charge is 0.329 e. The maximum Gasteiger partial charge on any atom is 0.329 e. The Balaban J connectivity index is 1.81. The van der Waals surface area contributed by atoms with E-state index >= 15 is 0 Å². The molecule has 7 nitrogen and oxygen atoms in total. The van der Waals surface area contributed by atoms with Gasteiger partial charge < -0.3 is 10.1 Å². The maximum absolute atomic E-state index is 13.1. The number of fused-ring (bicyclic) bond motifs is 1. The number of halogens is 5. The first-order chi connectivity index (χ1) is 16.1. The molecule has 12 heteroatoms. The number of esters is 1. The molecule has 3 rings (SSSR count). The molecule has 0 radical (unpaired) electrons. The summed E-state index contributed by atoms with van der Waals surface area (Å²) in [5.74, 6) is -3.27. The number of benzene rings is 2. The van der Waals surface area contributed by atoms with Gasteiger partial charge in [-0.05, 0) is 24.6 Å². The van der Waals surface area contributed by atoms with Crippen molar-refractivity contribution in [2.45, 2.75) is 32.2 Å². The van der Waals surface area contributed by atoms with E-state index in [0.717, 1.165) is 4.90 Å². The number of amides is 3. The zero-order valence-electron chi connectivity index (χ0n) is 17.6. The predicted molar refractivity (Wildman–Crippen MR) is 131 cm³/mol. The number of hydrogen-bond acceptors (Lipinski definition) is 5. The Kier molecular flexibility index (Phi) is 8.71. The third-order valence-corrected chi connectivity index (χ3v) is 7.04. The molecule has 0 saturated carbocycles. The number of nitrogens with zero attached hydrogens (tertiary/aromatic N) is 1. The maximum atomic E-state index is 13.1. The molecule has 3 amide bonds. The van der Waals surface area contributed by atoms with Crippen molar-refractivity contribution in [3.63, 3.8) is 0 Å². The Hall–Kier alpha value is -2.03. The van der Waals surface area contributed by atoms with Crippen molar-refractivity contribution in [1.82, 2.24) is 4.90 Å². The van der Waals surface area contributed by atoms with Crippen LogP contribution in [0.5, 0.6) is 0 Å². The van der Waals surface area contributed by atoms with Crippen LogP contribution in [0.2, 0.25) is 25.1 Å². The van der Waals surface area contributed by atoms with Gasteiger partial charge in [-0.2, -0.15) is 0 Å². The molecular formula is C22H17Cl5N2O5. The van der Waals surface area contributed by atoms with E-state index in [0.29, 0.717) is 23.6 Å². The van der Waals surface area contributed by atoms with E-state index in [1.165, 1.54) is 6.07 Å². The molecule has 34 heavy (non-hydrogen) atoms. The number of unbranched alkanes of at least 4 members (excludes halogenated alkanes) is 1. The van der Waals surface area contributed by atoms with Gasteiger partial charge in [-0.3, -0.25) is 19.3 Å². The van der Waals surface area contributed by atoms with Crippen LogP contribution in [-0.2, 0) is 14.3 Å². The molecule has 1 aliphatic rings. The molecule has 0 saturated heterocycles. The average molecular weight is 567 g/mol. The van der Waals surface area contributed by atoms with Gasteiger partial charge in [0.1, 0.15) is 6.04 Å². The number of rotatable bonds is 8. The summed E-state index contributed by atoms with van der Waals surface area (Å²) in [5, 5.41) is 2.11. The lowest BCUT2D eigenvalue weighted by atomic mass is 10.1. The lowest BCUT2D eigenvalue weighted by Gasteiger charge is -2.24. The SMILES string of the molecule is CCCC[C@H](C(=O)OCC(=O)Nc1cccc(Cl)c1)N1C(=O)c2c(Cl)c(Cl)c(Cl)c(Cl)c2C1=O. The third-order valence-electron chi connectivity index (χ3n) is 5.00. The van der Waals surface area contributed by atoms with E-state index in [-0.39, 0.29) is 37.6 Å². The summed E-state index contributed by atoms with van der Waals surface area (Å²) < 4.78 is 5.13. The standard InChI is InChI=1S/C22H17Cl5N2O5/c1-2-3-7-12(22(33)34-9-13(30)28-11-6-4-5-10(23)8-11)29-20(31)14-15(21(29)32)17(25)19(27)18(26)16(14)24/h4-6,8,12H,2-3,7,9H2,1H3,(H,28,30)/t12-/m1/s1. The second-order valence-electron chi connectivity index (χ2n) is 7.31. The molecular weight excluding hydrogens is 550 g/mol. The van der Waals surface area contributed by atoms with Gasteiger partial charge >= 0.3 is 5.97 Å². The van der Waals surface area contributed by atoms with Gasteiger partial charge in [0.05, 0.1) is 31.2 Å². The Morgan fingerprint density at radius 2 is 1.56 bits per heavy atom. The van der Waals surface area contributed by atoms with Crippen molar-refractivity contribution in [1.29, 1.82) is 0 Å². The van der Waals surface area contributed by atoms with Crippen LogP contribution in [0.1, 0.15) is 46.9 Å². The number of carbonyl (C=O) groups is 4. The highest BCUT2D eigenvalue weighted by Gasteiger charge is 2.47. The van der Waals surface area contributed by atoms with E-state index in [2.05, 4.69) is 5.32 Å². The van der Waals surface area contributed by atoms with Gasteiger partial charge in [-0.15, -0.1) is 0 Å². The summed E-state index contributed by atoms with van der Waals surface area (Å²) in [6.07, 6.45) is 1.26. The van der Waals surface area contributed by atoms with Crippen LogP contribution in [0.4, 0.5) is 5.69 Å². The normalized spacial score (nSPS) is 13.6. The average Bonchev–Trinajstić information content (AvgIpc) is 3.05. The van der Waals surface area contributed by atoms with Crippen molar-refractivity contribution in [2.24, 2.45) is 0 Å². The van der Waals surface area contributed by atoms with Crippen LogP contribution in [0.3, 0.4) is 0 Å². The Morgan fingerprint density at radius 1 is 0.971 bits per heavy atom. The van der Waals surface area contributed by atoms with Gasteiger partial charge in [0, 0.05) is 10.7 Å². The second-order valence-corrected chi connectivity index (χ2v) is 9.26. The summed E-state index contributed by atoms with van der Waals surface area (Å²) in [6, 6.07) is 5.10. The quantitative estimate of drug-likeness (QED) is 0.175. The Morgan fingerprint density at radius 3 is 2.09 bits per heavy atom. The lowest BCUT2D eigenvalue weighted by Crippen LogP contribution is -2.46. The van der Waals surface area contributed by atoms with E-state index in [1.807, 2.05) is 6.92 Å². The molecule has 0 bridgehead atoms. The molecule has 0 fully saturated rings. The minimum absolute atomic E-state index is 0.105. The van der Waals surface area contributed by atoms with Gasteiger partial charge in [0.25, 0.3) is 17.7 Å². The second kappa shape index (κ2) is 11.1. The van der Waals surface area contributed by atoms with Gasteiger partial charge in [-0.25, -0.2) is 4.79 Å². The van der Waals surface area contributed by atoms with E-state index < -0.39 is 36.3 Å². The molecule has 1 heterocycles. The first kappa shape index (κ1) is 26.6. The van der Waals surface area contributed by atoms with E-state index in [9.17, 15) is 19.2 Å². The summed E-state index contributed by atoms with van der Waals surface area (Å²) in [5.41, 5.74) is -0.0624. The van der Waals surface area contributed by atoms with Crippen molar-refractivity contribution in [3.8, 4) is 0 Å². The monoisotopic (exact) mass is 564 g/mol. The topological polar surface area (TPSA) is 92.8 Å². The molecule has 2 aromatic carbocycles. The van der Waals surface area contributed by atoms with Crippen molar-refractivity contribution >= 4 is 87.4 Å². The van der Waals surface area contributed by atoms with Crippen molar-refractivity contribution < 1.29 is 23.9 Å². The molecule has 1 atom stereocenters. The fraction of sp³-hybridized carbons (Fsp3) is 0.273. The molecule has 0 aromatic heterocycles. The van der Waals surface area contributed by atoms with Gasteiger partial charge in [-0.1, -0.05) is 83.8 Å². The van der Waals surface area contributed by atoms with Crippen LogP contribution >= 0.6 is 58.0 Å². The zero-order chi connectivity index (χ0) is 25.2. The number of ether oxygens (including phenoxy) is 1. The third kappa shape index (κ3) is 5.29.